The fraction of sp³-hybridized carbons (Fsp3) is 0.423. The van der Waals surface area contributed by atoms with Crippen LogP contribution < -0.4 is 10.6 Å². The highest BCUT2D eigenvalue weighted by atomic mass is 16.5. The highest BCUT2D eigenvalue weighted by Gasteiger charge is 2.35. The molecule has 7 nitrogen and oxygen atoms in total. The third kappa shape index (κ3) is 5.35. The summed E-state index contributed by atoms with van der Waals surface area (Å²) in [6.45, 7) is 5.45. The first kappa shape index (κ1) is 24.3. The summed E-state index contributed by atoms with van der Waals surface area (Å²) in [6, 6.07) is 16.2. The predicted molar refractivity (Wildman–Crippen MR) is 126 cm³/mol. The van der Waals surface area contributed by atoms with Gasteiger partial charge in [0.15, 0.2) is 0 Å². The molecule has 2 amide bonds. The van der Waals surface area contributed by atoms with E-state index in [-0.39, 0.29) is 19.1 Å². The van der Waals surface area contributed by atoms with Gasteiger partial charge in [0, 0.05) is 12.5 Å². The van der Waals surface area contributed by atoms with Crippen molar-refractivity contribution < 1.29 is 24.2 Å². The van der Waals surface area contributed by atoms with Crippen LogP contribution in [0.1, 0.15) is 57.1 Å². The molecule has 2 unspecified atom stereocenters. The van der Waals surface area contributed by atoms with E-state index in [9.17, 15) is 19.5 Å². The number of carboxylic acids is 1. The molecule has 0 saturated carbocycles. The van der Waals surface area contributed by atoms with Gasteiger partial charge >= 0.3 is 12.1 Å². The molecule has 0 saturated heterocycles. The van der Waals surface area contributed by atoms with Crippen LogP contribution in [-0.4, -0.2) is 41.8 Å². The van der Waals surface area contributed by atoms with Gasteiger partial charge in [-0.15, -0.1) is 0 Å². The minimum atomic E-state index is -1.33. The number of nitrogens with one attached hydrogen (secondary N) is 2. The Morgan fingerprint density at radius 2 is 1.61 bits per heavy atom. The van der Waals surface area contributed by atoms with E-state index >= 15 is 0 Å². The summed E-state index contributed by atoms with van der Waals surface area (Å²) in [5.41, 5.74) is 3.22. The highest BCUT2D eigenvalue weighted by Crippen LogP contribution is 2.44. The Balaban J connectivity index is 1.57. The average Bonchev–Trinajstić information content (AvgIpc) is 3.12. The molecule has 176 valence electrons. The molecule has 0 spiro atoms. The highest BCUT2D eigenvalue weighted by molar-refractivity contribution is 5.88. The Morgan fingerprint density at radius 3 is 2.12 bits per heavy atom. The molecule has 1 aliphatic rings. The smallest absolute Gasteiger partial charge is 0.407 e. The molecule has 0 radical (unpaired) electrons. The van der Waals surface area contributed by atoms with Gasteiger partial charge in [0.1, 0.15) is 12.1 Å². The van der Waals surface area contributed by atoms with Gasteiger partial charge < -0.3 is 20.5 Å². The van der Waals surface area contributed by atoms with E-state index in [1.807, 2.05) is 38.1 Å². The minimum absolute atomic E-state index is 0.0428. The van der Waals surface area contributed by atoms with Crippen LogP contribution in [0, 0.1) is 5.92 Å². The normalized spacial score (nSPS) is 15.0. The molecule has 3 rings (SSSR count). The maximum atomic E-state index is 12.7. The van der Waals surface area contributed by atoms with E-state index in [1.54, 1.807) is 0 Å². The zero-order valence-corrected chi connectivity index (χ0v) is 19.4. The molecule has 1 aliphatic carbocycles. The maximum Gasteiger partial charge on any atom is 0.407 e. The van der Waals surface area contributed by atoms with Gasteiger partial charge in [-0.05, 0) is 42.0 Å². The lowest BCUT2D eigenvalue weighted by Crippen LogP contribution is -2.54. The van der Waals surface area contributed by atoms with Crippen LogP contribution in [0.2, 0.25) is 0 Å². The third-order valence-electron chi connectivity index (χ3n) is 6.32. The largest absolute Gasteiger partial charge is 0.480 e. The Morgan fingerprint density at radius 1 is 1.03 bits per heavy atom. The standard InChI is InChI=1S/C26H32N2O5/c1-4-14-26(3,24(30)31)28-23(29)17(5-2)15-27-25(32)33-16-22-20-12-8-6-10-18(20)19-11-7-9-13-21(19)22/h6-13,17,22H,4-5,14-16H2,1-3H3,(H,27,32)(H,28,29)(H,30,31). The van der Waals surface area contributed by atoms with Crippen LogP contribution in [0.4, 0.5) is 4.79 Å². The topological polar surface area (TPSA) is 105 Å². The van der Waals surface area contributed by atoms with Crippen molar-refractivity contribution in [2.75, 3.05) is 13.2 Å². The van der Waals surface area contributed by atoms with E-state index < -0.39 is 29.4 Å². The van der Waals surface area contributed by atoms with Crippen molar-refractivity contribution in [3.05, 3.63) is 59.7 Å². The number of alkyl carbamates (subject to hydrolysis) is 1. The molecule has 33 heavy (non-hydrogen) atoms. The Kier molecular flexibility index (Phi) is 7.74. The number of benzene rings is 2. The second-order valence-electron chi connectivity index (χ2n) is 8.69. The summed E-state index contributed by atoms with van der Waals surface area (Å²) in [7, 11) is 0. The number of carboxylic acid groups (broad SMARTS) is 1. The zero-order chi connectivity index (χ0) is 24.0. The third-order valence-corrected chi connectivity index (χ3v) is 6.32. The second kappa shape index (κ2) is 10.5. The van der Waals surface area contributed by atoms with Gasteiger partial charge in [-0.2, -0.15) is 0 Å². The number of hydrogen-bond acceptors (Lipinski definition) is 4. The van der Waals surface area contributed by atoms with Crippen LogP contribution >= 0.6 is 0 Å². The zero-order valence-electron chi connectivity index (χ0n) is 19.4. The number of fused-ring (bicyclic) bond motifs is 3. The number of amides is 2. The van der Waals surface area contributed by atoms with Crippen LogP contribution in [0.3, 0.4) is 0 Å². The molecule has 3 N–H and O–H groups in total. The van der Waals surface area contributed by atoms with E-state index in [0.717, 1.165) is 22.3 Å². The Labute approximate surface area is 194 Å². The maximum absolute atomic E-state index is 12.7. The van der Waals surface area contributed by atoms with E-state index in [2.05, 4.69) is 34.9 Å². The van der Waals surface area contributed by atoms with Crippen LogP contribution in [0.5, 0.6) is 0 Å². The number of ether oxygens (including phenoxy) is 1. The van der Waals surface area contributed by atoms with Gasteiger partial charge in [-0.3, -0.25) is 4.79 Å². The van der Waals surface area contributed by atoms with Crippen LogP contribution in [0.15, 0.2) is 48.5 Å². The molecular weight excluding hydrogens is 420 g/mol. The minimum Gasteiger partial charge on any atom is -0.480 e. The van der Waals surface area contributed by atoms with Crippen molar-refractivity contribution in [1.29, 1.82) is 0 Å². The van der Waals surface area contributed by atoms with Crippen LogP contribution in [0.25, 0.3) is 11.1 Å². The second-order valence-corrected chi connectivity index (χ2v) is 8.69. The summed E-state index contributed by atoms with van der Waals surface area (Å²) in [5.74, 6) is -2.06. The first-order chi connectivity index (χ1) is 15.8. The van der Waals surface area contributed by atoms with Crippen molar-refractivity contribution in [3.8, 4) is 11.1 Å². The lowest BCUT2D eigenvalue weighted by Gasteiger charge is -2.28. The number of carbonyl (C=O) groups excluding carboxylic acids is 2. The SMILES string of the molecule is CCCC(C)(NC(=O)C(CC)CNC(=O)OCC1c2ccccc2-c2ccccc21)C(=O)O. The average molecular weight is 453 g/mol. The Bertz CT molecular complexity index is 976. The number of hydrogen-bond donors (Lipinski definition) is 3. The molecule has 2 aromatic carbocycles. The first-order valence-electron chi connectivity index (χ1n) is 11.4. The summed E-state index contributed by atoms with van der Waals surface area (Å²) >= 11 is 0. The van der Waals surface area contributed by atoms with Gasteiger partial charge in [-0.1, -0.05) is 68.8 Å². The summed E-state index contributed by atoms with van der Waals surface area (Å²) in [4.78, 5) is 36.7. The number of carbonyl (C=O) groups is 3. The molecule has 0 aromatic heterocycles. The lowest BCUT2D eigenvalue weighted by atomic mass is 9.94. The van der Waals surface area contributed by atoms with Crippen molar-refractivity contribution in [2.45, 2.75) is 51.5 Å². The Hall–Kier alpha value is -3.35. The van der Waals surface area contributed by atoms with E-state index in [4.69, 9.17) is 4.74 Å². The summed E-state index contributed by atoms with van der Waals surface area (Å²) in [5, 5.41) is 14.8. The molecule has 0 aliphatic heterocycles. The quantitative estimate of drug-likeness (QED) is 0.498. The van der Waals surface area contributed by atoms with Crippen molar-refractivity contribution >= 4 is 18.0 Å². The van der Waals surface area contributed by atoms with Gasteiger partial charge in [0.05, 0.1) is 5.92 Å². The van der Waals surface area contributed by atoms with Crippen molar-refractivity contribution in [3.63, 3.8) is 0 Å². The van der Waals surface area contributed by atoms with Crippen LogP contribution in [-0.2, 0) is 14.3 Å². The molecule has 7 heteroatoms. The lowest BCUT2D eigenvalue weighted by molar-refractivity contribution is -0.147. The predicted octanol–water partition coefficient (Wildman–Crippen LogP) is 4.31. The van der Waals surface area contributed by atoms with E-state index in [0.29, 0.717) is 19.3 Å². The molecule has 2 atom stereocenters. The molecule has 0 heterocycles. The molecule has 0 fully saturated rings. The fourth-order valence-electron chi connectivity index (χ4n) is 4.38. The van der Waals surface area contributed by atoms with Crippen molar-refractivity contribution in [1.82, 2.24) is 10.6 Å². The van der Waals surface area contributed by atoms with Gasteiger partial charge in [0.25, 0.3) is 0 Å². The van der Waals surface area contributed by atoms with E-state index in [1.165, 1.54) is 6.92 Å². The first-order valence-corrected chi connectivity index (χ1v) is 11.4. The van der Waals surface area contributed by atoms with Gasteiger partial charge in [-0.25, -0.2) is 9.59 Å². The fourth-order valence-corrected chi connectivity index (χ4v) is 4.38. The monoisotopic (exact) mass is 452 g/mol. The number of aliphatic carboxylic acids is 1. The number of rotatable bonds is 10. The molecular formula is C26H32N2O5. The molecule has 0 bridgehead atoms. The van der Waals surface area contributed by atoms with Crippen molar-refractivity contribution in [2.24, 2.45) is 5.92 Å². The van der Waals surface area contributed by atoms with Gasteiger partial charge in [0.2, 0.25) is 5.91 Å². The molecule has 2 aromatic rings. The summed E-state index contributed by atoms with van der Waals surface area (Å²) in [6.07, 6.45) is 0.803. The summed E-state index contributed by atoms with van der Waals surface area (Å²) < 4.78 is 5.52.